The first-order chi connectivity index (χ1) is 16.6. The van der Waals surface area contributed by atoms with Crippen molar-refractivity contribution in [1.29, 1.82) is 0 Å². The molecule has 0 fully saturated rings. The molecule has 3 N–H and O–H groups in total. The van der Waals surface area contributed by atoms with Crippen molar-refractivity contribution < 1.29 is 28.6 Å². The van der Waals surface area contributed by atoms with E-state index in [0.29, 0.717) is 48.8 Å². The molecule has 0 saturated carbocycles. The summed E-state index contributed by atoms with van der Waals surface area (Å²) in [6.07, 6.45) is 0.657. The fourth-order valence-corrected chi connectivity index (χ4v) is 3.05. The minimum atomic E-state index is -1.30. The third kappa shape index (κ3) is 10.3. The molecule has 2 amide bonds. The highest BCUT2D eigenvalue weighted by Gasteiger charge is 2.32. The maximum absolute atomic E-state index is 12.4. The van der Waals surface area contributed by atoms with Crippen molar-refractivity contribution in [3.05, 3.63) is 64.7 Å². The van der Waals surface area contributed by atoms with Gasteiger partial charge in [0.2, 0.25) is 6.79 Å². The third-order valence-electron chi connectivity index (χ3n) is 4.98. The number of esters is 1. The zero-order valence-corrected chi connectivity index (χ0v) is 22.2. The number of ether oxygens (including phenoxy) is 3. The second-order valence-corrected chi connectivity index (χ2v) is 8.73. The molecule has 0 atom stereocenters. The molecule has 198 valence electrons. The molecule has 0 spiro atoms. The number of nitrogens with two attached hydrogens (primary N) is 1. The molecule has 36 heavy (non-hydrogen) atoms. The zero-order chi connectivity index (χ0) is 25.8. The summed E-state index contributed by atoms with van der Waals surface area (Å²) in [4.78, 5) is 37.7. The standard InChI is InChI=1S/C25H32ClN3O6.ClH/c1-25(2,23(31)33-17-34-24(32)29(3)16-4-14-27)35-21-11-5-18(6-12-21)13-15-28-22(30)19-7-9-20(26)10-8-19;/h5-12H,4,13-17,27H2,1-3H3,(H,28,30);1H. The van der Waals surface area contributed by atoms with Crippen LogP contribution >= 0.6 is 24.0 Å². The molecule has 0 bridgehead atoms. The first kappa shape index (κ1) is 31.0. The molecule has 2 aromatic carbocycles. The first-order valence-electron chi connectivity index (χ1n) is 11.2. The lowest BCUT2D eigenvalue weighted by atomic mass is 10.1. The monoisotopic (exact) mass is 541 g/mol. The number of halogens is 2. The normalized spacial score (nSPS) is 10.6. The van der Waals surface area contributed by atoms with Crippen LogP contribution < -0.4 is 15.8 Å². The van der Waals surface area contributed by atoms with Gasteiger partial charge in [0.1, 0.15) is 5.75 Å². The minimum absolute atomic E-state index is 0. The summed E-state index contributed by atoms with van der Waals surface area (Å²) >= 11 is 5.84. The smallest absolute Gasteiger partial charge is 0.412 e. The number of hydrogen-bond acceptors (Lipinski definition) is 7. The van der Waals surface area contributed by atoms with Gasteiger partial charge in [-0.05, 0) is 75.2 Å². The quantitative estimate of drug-likeness (QED) is 0.309. The molecule has 0 saturated heterocycles. The Kier molecular flexibility index (Phi) is 13.1. The second kappa shape index (κ2) is 15.2. The van der Waals surface area contributed by atoms with E-state index in [0.717, 1.165) is 5.56 Å². The van der Waals surface area contributed by atoms with Crippen LogP contribution in [0.3, 0.4) is 0 Å². The van der Waals surface area contributed by atoms with E-state index in [2.05, 4.69) is 5.32 Å². The van der Waals surface area contributed by atoms with E-state index in [1.54, 1.807) is 57.3 Å². The Balaban J connectivity index is 0.00000648. The molecule has 2 aromatic rings. The highest BCUT2D eigenvalue weighted by Crippen LogP contribution is 2.20. The average molecular weight is 542 g/mol. The molecule has 0 aliphatic rings. The Morgan fingerprint density at radius 2 is 1.67 bits per heavy atom. The van der Waals surface area contributed by atoms with Crippen molar-refractivity contribution in [1.82, 2.24) is 10.2 Å². The van der Waals surface area contributed by atoms with Gasteiger partial charge in [-0.2, -0.15) is 0 Å². The van der Waals surface area contributed by atoms with Gasteiger partial charge < -0.3 is 30.2 Å². The molecular weight excluding hydrogens is 509 g/mol. The molecule has 11 heteroatoms. The summed E-state index contributed by atoms with van der Waals surface area (Å²) < 4.78 is 15.7. The number of nitrogens with zero attached hydrogens (tertiary/aromatic N) is 1. The zero-order valence-electron chi connectivity index (χ0n) is 20.6. The predicted molar refractivity (Wildman–Crippen MR) is 140 cm³/mol. The Hall–Kier alpha value is -3.01. The van der Waals surface area contributed by atoms with Gasteiger partial charge in [0.15, 0.2) is 5.60 Å². The summed E-state index contributed by atoms with van der Waals surface area (Å²) in [7, 11) is 1.57. The van der Waals surface area contributed by atoms with Gasteiger partial charge in [0, 0.05) is 30.7 Å². The van der Waals surface area contributed by atoms with Gasteiger partial charge in [0.05, 0.1) is 0 Å². The van der Waals surface area contributed by atoms with E-state index in [4.69, 9.17) is 31.5 Å². The molecule has 0 aromatic heterocycles. The van der Waals surface area contributed by atoms with Crippen LogP contribution in [-0.4, -0.2) is 61.9 Å². The highest BCUT2D eigenvalue weighted by molar-refractivity contribution is 6.30. The summed E-state index contributed by atoms with van der Waals surface area (Å²) in [5, 5.41) is 3.43. The Morgan fingerprint density at radius 3 is 2.28 bits per heavy atom. The van der Waals surface area contributed by atoms with Crippen molar-refractivity contribution in [2.75, 3.05) is 33.5 Å². The molecule has 2 rings (SSSR count). The number of hydrogen-bond donors (Lipinski definition) is 2. The summed E-state index contributed by atoms with van der Waals surface area (Å²) in [5.41, 5.74) is 5.64. The number of benzene rings is 2. The average Bonchev–Trinajstić information content (AvgIpc) is 2.83. The number of carbonyl (C=O) groups excluding carboxylic acids is 3. The lowest BCUT2D eigenvalue weighted by Gasteiger charge is -2.24. The maximum Gasteiger partial charge on any atom is 0.412 e. The molecular formula is C25H33Cl2N3O6. The SMILES string of the molecule is CN(CCCN)C(=O)OCOC(=O)C(C)(C)Oc1ccc(CCNC(=O)c2ccc(Cl)cc2)cc1.Cl. The van der Waals surface area contributed by atoms with Gasteiger partial charge in [-0.25, -0.2) is 9.59 Å². The Bertz CT molecular complexity index is 984. The Morgan fingerprint density at radius 1 is 1.03 bits per heavy atom. The fourth-order valence-electron chi connectivity index (χ4n) is 2.92. The van der Waals surface area contributed by atoms with Crippen LogP contribution in [0.25, 0.3) is 0 Å². The van der Waals surface area contributed by atoms with Crippen LogP contribution in [0.4, 0.5) is 4.79 Å². The molecule has 0 aliphatic heterocycles. The summed E-state index contributed by atoms with van der Waals surface area (Å²) in [6, 6.07) is 13.8. The highest BCUT2D eigenvalue weighted by atomic mass is 35.5. The van der Waals surface area contributed by atoms with Crippen molar-refractivity contribution in [2.24, 2.45) is 5.73 Å². The van der Waals surface area contributed by atoms with Crippen molar-refractivity contribution in [2.45, 2.75) is 32.3 Å². The van der Waals surface area contributed by atoms with Gasteiger partial charge in [-0.3, -0.25) is 4.79 Å². The minimum Gasteiger partial charge on any atom is -0.476 e. The second-order valence-electron chi connectivity index (χ2n) is 8.29. The van der Waals surface area contributed by atoms with Crippen LogP contribution in [0.2, 0.25) is 5.02 Å². The number of nitrogens with one attached hydrogen (secondary N) is 1. The lowest BCUT2D eigenvalue weighted by Crippen LogP contribution is -2.40. The van der Waals surface area contributed by atoms with E-state index >= 15 is 0 Å². The van der Waals surface area contributed by atoms with Gasteiger partial charge in [0.25, 0.3) is 5.91 Å². The van der Waals surface area contributed by atoms with Crippen molar-refractivity contribution in [3.63, 3.8) is 0 Å². The van der Waals surface area contributed by atoms with Crippen LogP contribution in [-0.2, 0) is 20.7 Å². The fraction of sp³-hybridized carbons (Fsp3) is 0.400. The van der Waals surface area contributed by atoms with Crippen molar-refractivity contribution in [3.8, 4) is 5.75 Å². The van der Waals surface area contributed by atoms with Crippen LogP contribution in [0.15, 0.2) is 48.5 Å². The number of amides is 2. The van der Waals surface area contributed by atoms with Crippen molar-refractivity contribution >= 4 is 42.0 Å². The predicted octanol–water partition coefficient (Wildman–Crippen LogP) is 3.81. The van der Waals surface area contributed by atoms with Crippen LogP contribution in [0.5, 0.6) is 5.75 Å². The van der Waals surface area contributed by atoms with E-state index in [-0.39, 0.29) is 18.3 Å². The van der Waals surface area contributed by atoms with E-state index in [9.17, 15) is 14.4 Å². The first-order valence-corrected chi connectivity index (χ1v) is 11.6. The number of rotatable bonds is 12. The Labute approximate surface area is 222 Å². The molecule has 0 unspecified atom stereocenters. The molecule has 0 aliphatic carbocycles. The molecule has 9 nitrogen and oxygen atoms in total. The van der Waals surface area contributed by atoms with Crippen LogP contribution in [0, 0.1) is 0 Å². The third-order valence-corrected chi connectivity index (χ3v) is 5.23. The van der Waals surface area contributed by atoms with E-state index < -0.39 is 24.5 Å². The summed E-state index contributed by atoms with van der Waals surface area (Å²) in [5.74, 6) is -0.377. The maximum atomic E-state index is 12.4. The van der Waals surface area contributed by atoms with E-state index in [1.165, 1.54) is 4.90 Å². The molecule has 0 heterocycles. The van der Waals surface area contributed by atoms with Gasteiger partial charge in [-0.15, -0.1) is 12.4 Å². The largest absolute Gasteiger partial charge is 0.476 e. The van der Waals surface area contributed by atoms with Crippen LogP contribution in [0.1, 0.15) is 36.2 Å². The number of carbonyl (C=O) groups is 3. The lowest BCUT2D eigenvalue weighted by molar-refractivity contribution is -0.168. The van der Waals surface area contributed by atoms with Gasteiger partial charge in [-0.1, -0.05) is 23.7 Å². The van der Waals surface area contributed by atoms with E-state index in [1.807, 2.05) is 12.1 Å². The molecule has 0 radical (unpaired) electrons. The topological polar surface area (TPSA) is 120 Å². The summed E-state index contributed by atoms with van der Waals surface area (Å²) in [6.45, 7) is 3.97. The van der Waals surface area contributed by atoms with Gasteiger partial charge >= 0.3 is 12.1 Å².